The number of hydrogen-bond donors (Lipinski definition) is 3. The van der Waals surface area contributed by atoms with Crippen molar-refractivity contribution in [3.8, 4) is 0 Å². The lowest BCUT2D eigenvalue weighted by Crippen LogP contribution is -2.42. The molecule has 0 aliphatic carbocycles. The molecule has 0 aliphatic heterocycles. The van der Waals surface area contributed by atoms with E-state index in [9.17, 15) is 9.59 Å². The molecule has 0 bridgehead atoms. The normalized spacial score (nSPS) is 12.1. The van der Waals surface area contributed by atoms with E-state index in [0.29, 0.717) is 6.42 Å². The number of methoxy groups -OCH3 is 1. The first-order valence-electron chi connectivity index (χ1n) is 6.77. The minimum Gasteiger partial charge on any atom is -0.469 e. The highest BCUT2D eigenvalue weighted by Gasteiger charge is 2.16. The summed E-state index contributed by atoms with van der Waals surface area (Å²) in [5.74, 6) is -0.635. The summed E-state index contributed by atoms with van der Waals surface area (Å²) >= 11 is 0. The molecule has 2 aromatic rings. The fraction of sp³-hybridized carbons (Fsp3) is 0.333. The number of esters is 1. The zero-order valence-electron chi connectivity index (χ0n) is 11.9. The quantitative estimate of drug-likeness (QED) is 0.682. The van der Waals surface area contributed by atoms with Crippen LogP contribution >= 0.6 is 0 Å². The average Bonchev–Trinajstić information content (AvgIpc) is 2.90. The average molecular weight is 289 g/mol. The number of rotatable bonds is 6. The Morgan fingerprint density at radius 3 is 2.90 bits per heavy atom. The van der Waals surface area contributed by atoms with E-state index in [2.05, 4.69) is 15.0 Å². The molecule has 1 heterocycles. The van der Waals surface area contributed by atoms with E-state index >= 15 is 0 Å². The number of aromatic amines is 1. The lowest BCUT2D eigenvalue weighted by atomic mass is 10.1. The molecule has 0 unspecified atom stereocenters. The van der Waals surface area contributed by atoms with E-state index in [0.717, 1.165) is 16.5 Å². The van der Waals surface area contributed by atoms with Gasteiger partial charge in [-0.1, -0.05) is 18.2 Å². The Morgan fingerprint density at radius 2 is 2.14 bits per heavy atom. The third-order valence-electron chi connectivity index (χ3n) is 3.31. The van der Waals surface area contributed by atoms with Gasteiger partial charge in [0.1, 0.15) is 0 Å². The van der Waals surface area contributed by atoms with Gasteiger partial charge in [0.2, 0.25) is 5.91 Å². The van der Waals surface area contributed by atoms with Crippen molar-refractivity contribution in [3.63, 3.8) is 0 Å². The Balaban J connectivity index is 1.90. The summed E-state index contributed by atoms with van der Waals surface area (Å²) in [4.78, 5) is 26.0. The first kappa shape index (κ1) is 15.1. The molecular weight excluding hydrogens is 270 g/mol. The SMILES string of the molecule is COC(=O)CCNC(=O)[C@H](N)Cc1c[nH]c2ccccc12. The zero-order chi connectivity index (χ0) is 15.2. The van der Waals surface area contributed by atoms with E-state index in [1.54, 1.807) is 0 Å². The summed E-state index contributed by atoms with van der Waals surface area (Å²) in [5, 5.41) is 3.70. The van der Waals surface area contributed by atoms with Crippen LogP contribution < -0.4 is 11.1 Å². The Hall–Kier alpha value is -2.34. The highest BCUT2D eigenvalue weighted by Crippen LogP contribution is 2.18. The van der Waals surface area contributed by atoms with Crippen LogP contribution in [0.15, 0.2) is 30.5 Å². The molecule has 0 saturated carbocycles. The second-order valence-electron chi connectivity index (χ2n) is 4.79. The molecule has 112 valence electrons. The Morgan fingerprint density at radius 1 is 1.38 bits per heavy atom. The molecule has 0 spiro atoms. The molecule has 21 heavy (non-hydrogen) atoms. The number of aromatic nitrogens is 1. The number of nitrogens with two attached hydrogens (primary N) is 1. The predicted octanol–water partition coefficient (Wildman–Crippen LogP) is 0.717. The number of ether oxygens (including phenoxy) is 1. The maximum absolute atomic E-state index is 11.9. The van der Waals surface area contributed by atoms with Gasteiger partial charge in [0, 0.05) is 23.6 Å². The van der Waals surface area contributed by atoms with Gasteiger partial charge in [-0.15, -0.1) is 0 Å². The van der Waals surface area contributed by atoms with Gasteiger partial charge in [0.25, 0.3) is 0 Å². The summed E-state index contributed by atoms with van der Waals surface area (Å²) in [6.45, 7) is 0.229. The maximum Gasteiger partial charge on any atom is 0.307 e. The van der Waals surface area contributed by atoms with Crippen LogP contribution in [0.25, 0.3) is 10.9 Å². The van der Waals surface area contributed by atoms with Crippen LogP contribution in [0.3, 0.4) is 0 Å². The van der Waals surface area contributed by atoms with E-state index in [1.807, 2.05) is 30.5 Å². The van der Waals surface area contributed by atoms with Gasteiger partial charge in [0.15, 0.2) is 0 Å². The Kier molecular flexibility index (Phi) is 4.94. The molecule has 0 radical (unpaired) electrons. The fourth-order valence-electron chi connectivity index (χ4n) is 2.15. The molecule has 6 nitrogen and oxygen atoms in total. The van der Waals surface area contributed by atoms with Crippen molar-refractivity contribution in [2.45, 2.75) is 18.9 Å². The standard InChI is InChI=1S/C15H19N3O3/c1-21-14(19)6-7-17-15(20)12(16)8-10-9-18-13-5-3-2-4-11(10)13/h2-5,9,12,18H,6-8,16H2,1H3,(H,17,20)/t12-/m1/s1. The van der Waals surface area contributed by atoms with Crippen LogP contribution in [0.1, 0.15) is 12.0 Å². The van der Waals surface area contributed by atoms with E-state index in [1.165, 1.54) is 7.11 Å². The number of carbonyl (C=O) groups excluding carboxylic acids is 2. The van der Waals surface area contributed by atoms with Gasteiger partial charge < -0.3 is 20.8 Å². The van der Waals surface area contributed by atoms with Crippen LogP contribution in [0.4, 0.5) is 0 Å². The summed E-state index contributed by atoms with van der Waals surface area (Å²) in [6, 6.07) is 7.20. The third kappa shape index (κ3) is 3.82. The minimum atomic E-state index is -0.651. The minimum absolute atomic E-state index is 0.141. The van der Waals surface area contributed by atoms with Crippen molar-refractivity contribution in [2.75, 3.05) is 13.7 Å². The van der Waals surface area contributed by atoms with Crippen LogP contribution in [0, 0.1) is 0 Å². The molecule has 0 aliphatic rings. The number of H-pyrrole nitrogens is 1. The largest absolute Gasteiger partial charge is 0.469 e. The molecule has 1 aromatic heterocycles. The number of benzene rings is 1. The second kappa shape index (κ2) is 6.90. The molecule has 1 amide bonds. The smallest absolute Gasteiger partial charge is 0.307 e. The molecular formula is C15H19N3O3. The third-order valence-corrected chi connectivity index (χ3v) is 3.31. The van der Waals surface area contributed by atoms with E-state index in [4.69, 9.17) is 5.73 Å². The second-order valence-corrected chi connectivity index (χ2v) is 4.79. The van der Waals surface area contributed by atoms with Crippen LogP contribution in [-0.2, 0) is 20.7 Å². The number of carbonyl (C=O) groups is 2. The first-order chi connectivity index (χ1) is 10.1. The number of amides is 1. The molecule has 1 aromatic carbocycles. The topological polar surface area (TPSA) is 97.2 Å². The van der Waals surface area contributed by atoms with Crippen molar-refractivity contribution in [2.24, 2.45) is 5.73 Å². The van der Waals surface area contributed by atoms with E-state index < -0.39 is 6.04 Å². The maximum atomic E-state index is 11.9. The first-order valence-corrected chi connectivity index (χ1v) is 6.77. The van der Waals surface area contributed by atoms with Gasteiger partial charge in [-0.2, -0.15) is 0 Å². The lowest BCUT2D eigenvalue weighted by molar-refractivity contribution is -0.140. The molecule has 1 atom stereocenters. The number of nitrogens with one attached hydrogen (secondary N) is 2. The zero-order valence-corrected chi connectivity index (χ0v) is 11.9. The van der Waals surface area contributed by atoms with Crippen molar-refractivity contribution in [3.05, 3.63) is 36.0 Å². The monoisotopic (exact) mass is 289 g/mol. The van der Waals surface area contributed by atoms with E-state index in [-0.39, 0.29) is 24.8 Å². The van der Waals surface area contributed by atoms with Crippen LogP contribution in [0.5, 0.6) is 0 Å². The molecule has 0 fully saturated rings. The number of hydrogen-bond acceptors (Lipinski definition) is 4. The van der Waals surface area contributed by atoms with Crippen LogP contribution in [0.2, 0.25) is 0 Å². The Labute approximate surface area is 122 Å². The van der Waals surface area contributed by atoms with Gasteiger partial charge in [-0.05, 0) is 18.1 Å². The molecule has 6 heteroatoms. The van der Waals surface area contributed by atoms with Gasteiger partial charge in [-0.25, -0.2) is 0 Å². The molecule has 0 saturated heterocycles. The molecule has 2 rings (SSSR count). The van der Waals surface area contributed by atoms with Crippen LogP contribution in [-0.4, -0.2) is 36.6 Å². The van der Waals surface area contributed by atoms with Crippen molar-refractivity contribution in [1.82, 2.24) is 10.3 Å². The molecule has 4 N–H and O–H groups in total. The number of fused-ring (bicyclic) bond motifs is 1. The van der Waals surface area contributed by atoms with Crippen molar-refractivity contribution < 1.29 is 14.3 Å². The van der Waals surface area contributed by atoms with Crippen molar-refractivity contribution >= 4 is 22.8 Å². The summed E-state index contributed by atoms with van der Waals surface area (Å²) in [7, 11) is 1.31. The van der Waals surface area contributed by atoms with Crippen molar-refractivity contribution in [1.29, 1.82) is 0 Å². The highest BCUT2D eigenvalue weighted by molar-refractivity contribution is 5.86. The summed E-state index contributed by atoms with van der Waals surface area (Å²) < 4.78 is 4.50. The lowest BCUT2D eigenvalue weighted by Gasteiger charge is -2.11. The summed E-state index contributed by atoms with van der Waals surface area (Å²) in [6.07, 6.45) is 2.45. The van der Waals surface area contributed by atoms with Gasteiger partial charge >= 0.3 is 5.97 Å². The fourth-order valence-corrected chi connectivity index (χ4v) is 2.15. The summed E-state index contributed by atoms with van der Waals surface area (Å²) in [5.41, 5.74) is 7.93. The van der Waals surface area contributed by atoms with Gasteiger partial charge in [0.05, 0.1) is 19.6 Å². The Bertz CT molecular complexity index is 636. The predicted molar refractivity (Wildman–Crippen MR) is 79.6 cm³/mol. The number of para-hydroxylation sites is 1. The van der Waals surface area contributed by atoms with Gasteiger partial charge in [-0.3, -0.25) is 9.59 Å². The highest BCUT2D eigenvalue weighted by atomic mass is 16.5.